The largest absolute Gasteiger partial charge is 0.429 e. The molecule has 1 aromatic heterocycles. The van der Waals surface area contributed by atoms with Crippen molar-refractivity contribution in [3.05, 3.63) is 34.1 Å². The molecule has 4 rings (SSSR count). The third-order valence-corrected chi connectivity index (χ3v) is 5.68. The van der Waals surface area contributed by atoms with Gasteiger partial charge in [0.2, 0.25) is 0 Å². The first kappa shape index (κ1) is 17.4. The third kappa shape index (κ3) is 3.12. The van der Waals surface area contributed by atoms with Gasteiger partial charge < -0.3 is 9.64 Å². The van der Waals surface area contributed by atoms with E-state index in [1.54, 1.807) is 13.0 Å². The van der Waals surface area contributed by atoms with Gasteiger partial charge in [-0.2, -0.15) is 5.26 Å². The van der Waals surface area contributed by atoms with E-state index in [0.29, 0.717) is 33.1 Å². The Labute approximate surface area is 156 Å². The fourth-order valence-electron chi connectivity index (χ4n) is 3.90. The second kappa shape index (κ2) is 6.31. The van der Waals surface area contributed by atoms with E-state index in [4.69, 9.17) is 4.74 Å². The molecule has 1 aromatic rings. The van der Waals surface area contributed by atoms with Crippen LogP contribution in [0.25, 0.3) is 11.5 Å². The Hall–Kier alpha value is -3.01. The predicted molar refractivity (Wildman–Crippen MR) is 95.9 cm³/mol. The summed E-state index contributed by atoms with van der Waals surface area (Å²) < 4.78 is 5.14. The van der Waals surface area contributed by atoms with Crippen molar-refractivity contribution in [1.82, 2.24) is 9.88 Å². The van der Waals surface area contributed by atoms with Crippen LogP contribution in [0.3, 0.4) is 0 Å². The molecule has 1 aliphatic carbocycles. The predicted octanol–water partition coefficient (Wildman–Crippen LogP) is 1.04. The Bertz CT molecular complexity index is 1030. The lowest BCUT2D eigenvalue weighted by Gasteiger charge is -2.36. The quantitative estimate of drug-likeness (QED) is 0.728. The molecule has 0 aromatic carbocycles. The standard InChI is InChI=1S/C20H20N4O3/c1-12(27-13(2)25)16-9-14-17(11-22-16)23-19(26)15(10-21)18(14)24-7-5-20(3-4-20)6-8-24/h9,11H,3-8H2,1-2H3/b16-12-. The van der Waals surface area contributed by atoms with E-state index in [2.05, 4.69) is 14.9 Å². The van der Waals surface area contributed by atoms with Crippen LogP contribution in [0.1, 0.15) is 45.1 Å². The molecule has 27 heavy (non-hydrogen) atoms. The van der Waals surface area contributed by atoms with Gasteiger partial charge in [0, 0.05) is 25.6 Å². The molecule has 1 amide bonds. The number of piperidine rings is 1. The van der Waals surface area contributed by atoms with Crippen LogP contribution in [0.5, 0.6) is 0 Å². The second-order valence-corrected chi connectivity index (χ2v) is 7.48. The highest BCUT2D eigenvalue weighted by Gasteiger charge is 2.45. The summed E-state index contributed by atoms with van der Waals surface area (Å²) in [5, 5.41) is 10.5. The van der Waals surface area contributed by atoms with E-state index in [1.165, 1.54) is 26.0 Å². The number of aromatic nitrogens is 1. The van der Waals surface area contributed by atoms with Crippen molar-refractivity contribution in [2.75, 3.05) is 13.1 Å². The van der Waals surface area contributed by atoms with E-state index in [9.17, 15) is 14.9 Å². The fraction of sp³-hybridized carbons (Fsp3) is 0.450. The van der Waals surface area contributed by atoms with Gasteiger partial charge in [-0.1, -0.05) is 0 Å². The first-order valence-electron chi connectivity index (χ1n) is 9.11. The van der Waals surface area contributed by atoms with E-state index >= 15 is 0 Å². The Balaban J connectivity index is 1.82. The van der Waals surface area contributed by atoms with Gasteiger partial charge in [0.05, 0.1) is 17.3 Å². The molecule has 2 fully saturated rings. The Kier molecular flexibility index (Phi) is 4.06. The maximum absolute atomic E-state index is 12.4. The lowest BCUT2D eigenvalue weighted by atomic mass is 9.91. The number of hydrogen-bond acceptors (Lipinski definition) is 6. The number of rotatable bonds is 2. The van der Waals surface area contributed by atoms with E-state index < -0.39 is 11.9 Å². The summed E-state index contributed by atoms with van der Waals surface area (Å²) in [6, 6.07) is 3.79. The topological polar surface area (TPSA) is 95.6 Å². The zero-order valence-electron chi connectivity index (χ0n) is 15.4. The summed E-state index contributed by atoms with van der Waals surface area (Å²) in [7, 11) is 0. The first-order chi connectivity index (χ1) is 12.9. The fourth-order valence-corrected chi connectivity index (χ4v) is 3.90. The van der Waals surface area contributed by atoms with Crippen LogP contribution in [-0.2, 0) is 14.3 Å². The van der Waals surface area contributed by atoms with Gasteiger partial charge in [0.15, 0.2) is 0 Å². The smallest absolute Gasteiger partial charge is 0.307 e. The number of nitrogens with zero attached hydrogens (tertiary/aromatic N) is 4. The van der Waals surface area contributed by atoms with Crippen LogP contribution in [0.2, 0.25) is 0 Å². The summed E-state index contributed by atoms with van der Waals surface area (Å²) in [5.41, 5.74) is 1.87. The molecule has 0 N–H and O–H groups in total. The molecule has 138 valence electrons. The Morgan fingerprint density at radius 1 is 1.26 bits per heavy atom. The van der Waals surface area contributed by atoms with Crippen LogP contribution in [0.15, 0.2) is 22.8 Å². The molecule has 3 heterocycles. The zero-order chi connectivity index (χ0) is 19.2. The number of esters is 1. The molecule has 1 saturated carbocycles. The number of ether oxygens (including phenoxy) is 1. The number of likely N-dealkylation sites (tertiary alicyclic amines) is 1. The average Bonchev–Trinajstić information content (AvgIpc) is 3.39. The highest BCUT2D eigenvalue weighted by atomic mass is 16.5. The maximum atomic E-state index is 12.4. The van der Waals surface area contributed by atoms with Crippen molar-refractivity contribution in [3.63, 3.8) is 0 Å². The van der Waals surface area contributed by atoms with E-state index in [-0.39, 0.29) is 5.57 Å². The molecular formula is C20H20N4O3. The molecule has 0 bridgehead atoms. The molecule has 1 spiro atoms. The van der Waals surface area contributed by atoms with Gasteiger partial charge in [-0.3, -0.25) is 14.6 Å². The molecule has 3 aliphatic rings. The molecular weight excluding hydrogens is 344 g/mol. The van der Waals surface area contributed by atoms with Gasteiger partial charge in [0.25, 0.3) is 5.91 Å². The number of carbonyl (C=O) groups is 2. The van der Waals surface area contributed by atoms with Gasteiger partial charge in [-0.15, -0.1) is 0 Å². The minimum absolute atomic E-state index is 0.0662. The molecule has 0 atom stereocenters. The number of hydrogen-bond donors (Lipinski definition) is 0. The van der Waals surface area contributed by atoms with Crippen molar-refractivity contribution in [2.45, 2.75) is 39.5 Å². The van der Waals surface area contributed by atoms with Crippen LogP contribution in [0.4, 0.5) is 0 Å². The van der Waals surface area contributed by atoms with E-state index in [1.807, 2.05) is 6.07 Å². The number of carbonyl (C=O) groups excluding carboxylic acids is 2. The Morgan fingerprint density at radius 2 is 1.96 bits per heavy atom. The minimum Gasteiger partial charge on any atom is -0.429 e. The molecule has 7 heteroatoms. The number of fused-ring (bicyclic) bond motifs is 1. The number of pyridine rings is 1. The van der Waals surface area contributed by atoms with Gasteiger partial charge in [-0.05, 0) is 44.1 Å². The lowest BCUT2D eigenvalue weighted by Crippen LogP contribution is -2.38. The number of amides is 1. The minimum atomic E-state index is -0.526. The summed E-state index contributed by atoms with van der Waals surface area (Å²) in [5.74, 6) is -0.580. The molecule has 1 saturated heterocycles. The summed E-state index contributed by atoms with van der Waals surface area (Å²) in [6.07, 6.45) is 6.20. The van der Waals surface area contributed by atoms with Crippen molar-refractivity contribution in [1.29, 1.82) is 5.26 Å². The zero-order valence-corrected chi connectivity index (χ0v) is 15.4. The van der Waals surface area contributed by atoms with Crippen molar-refractivity contribution in [3.8, 4) is 6.07 Å². The van der Waals surface area contributed by atoms with Crippen LogP contribution in [0, 0.1) is 16.7 Å². The molecule has 0 radical (unpaired) electrons. The van der Waals surface area contributed by atoms with Gasteiger partial charge in [0.1, 0.15) is 22.8 Å². The summed E-state index contributed by atoms with van der Waals surface area (Å²) in [4.78, 5) is 34.0. The maximum Gasteiger partial charge on any atom is 0.307 e. The molecule has 0 unspecified atom stereocenters. The molecule has 2 aliphatic heterocycles. The third-order valence-electron chi connectivity index (χ3n) is 5.68. The molecule has 7 nitrogen and oxygen atoms in total. The van der Waals surface area contributed by atoms with Crippen LogP contribution in [-0.4, -0.2) is 34.8 Å². The van der Waals surface area contributed by atoms with Gasteiger partial charge in [-0.25, -0.2) is 4.99 Å². The normalized spacial score (nSPS) is 21.2. The number of nitriles is 1. The van der Waals surface area contributed by atoms with Crippen LogP contribution >= 0.6 is 0 Å². The summed E-state index contributed by atoms with van der Waals surface area (Å²) in [6.45, 7) is 4.62. The van der Waals surface area contributed by atoms with Crippen molar-refractivity contribution >= 4 is 23.3 Å². The first-order valence-corrected chi connectivity index (χ1v) is 9.11. The van der Waals surface area contributed by atoms with Crippen molar-refractivity contribution < 1.29 is 14.3 Å². The summed E-state index contributed by atoms with van der Waals surface area (Å²) >= 11 is 0. The highest BCUT2D eigenvalue weighted by Crippen LogP contribution is 2.54. The highest BCUT2D eigenvalue weighted by molar-refractivity contribution is 6.06. The van der Waals surface area contributed by atoms with Crippen molar-refractivity contribution in [2.24, 2.45) is 10.4 Å². The SMILES string of the molecule is CC(=O)O/C(C)=c1/cc2c(cn1)=NC(=O)C(C#N)=C2N1CCC2(CC1)CC2. The van der Waals surface area contributed by atoms with Gasteiger partial charge >= 0.3 is 5.97 Å². The Morgan fingerprint density at radius 3 is 2.56 bits per heavy atom. The van der Waals surface area contributed by atoms with Crippen LogP contribution < -0.4 is 10.7 Å². The monoisotopic (exact) mass is 364 g/mol. The lowest BCUT2D eigenvalue weighted by molar-refractivity contribution is -0.134. The second-order valence-electron chi connectivity index (χ2n) is 7.48. The average molecular weight is 364 g/mol. The van der Waals surface area contributed by atoms with E-state index in [0.717, 1.165) is 25.9 Å².